The maximum atomic E-state index is 5.78. The zero-order chi connectivity index (χ0) is 15.4. The van der Waals surface area contributed by atoms with Crippen LogP contribution in [0.4, 0.5) is 0 Å². The SMILES string of the molecule is CCc1ccc([C@@H](C)NCc2ccnc(-n3ccnc3)c2)o1. The molecule has 0 aliphatic rings. The second-order valence-electron chi connectivity index (χ2n) is 5.25. The Morgan fingerprint density at radius 1 is 1.27 bits per heavy atom. The molecular formula is C17H20N4O. The summed E-state index contributed by atoms with van der Waals surface area (Å²) in [4.78, 5) is 8.41. The van der Waals surface area contributed by atoms with Crippen LogP contribution in [0.2, 0.25) is 0 Å². The predicted molar refractivity (Wildman–Crippen MR) is 84.7 cm³/mol. The number of hydrogen-bond acceptors (Lipinski definition) is 4. The second kappa shape index (κ2) is 6.58. The van der Waals surface area contributed by atoms with E-state index in [0.717, 1.165) is 30.3 Å². The molecule has 1 N–H and O–H groups in total. The molecule has 3 rings (SSSR count). The molecule has 0 radical (unpaired) electrons. The molecule has 0 unspecified atom stereocenters. The molecule has 3 heterocycles. The molecule has 114 valence electrons. The van der Waals surface area contributed by atoms with Gasteiger partial charge in [0, 0.05) is 31.6 Å². The number of nitrogens with zero attached hydrogens (tertiary/aromatic N) is 3. The molecular weight excluding hydrogens is 276 g/mol. The van der Waals surface area contributed by atoms with Crippen LogP contribution < -0.4 is 5.32 Å². The van der Waals surface area contributed by atoms with Crippen LogP contribution in [0, 0.1) is 0 Å². The van der Waals surface area contributed by atoms with E-state index in [9.17, 15) is 0 Å². The second-order valence-corrected chi connectivity index (χ2v) is 5.25. The third-order valence-electron chi connectivity index (χ3n) is 3.65. The summed E-state index contributed by atoms with van der Waals surface area (Å²) in [7, 11) is 0. The van der Waals surface area contributed by atoms with Crippen LogP contribution >= 0.6 is 0 Å². The van der Waals surface area contributed by atoms with E-state index in [1.807, 2.05) is 35.2 Å². The van der Waals surface area contributed by atoms with Crippen LogP contribution in [0.1, 0.15) is 37.0 Å². The Hall–Kier alpha value is -2.40. The number of imidazole rings is 1. The summed E-state index contributed by atoms with van der Waals surface area (Å²) in [6, 6.07) is 8.32. The molecule has 5 heteroatoms. The number of rotatable bonds is 6. The lowest BCUT2D eigenvalue weighted by Crippen LogP contribution is -2.17. The molecule has 0 aliphatic heterocycles. The number of pyridine rings is 1. The largest absolute Gasteiger partial charge is 0.464 e. The van der Waals surface area contributed by atoms with E-state index in [1.165, 1.54) is 5.56 Å². The highest BCUT2D eigenvalue weighted by Gasteiger charge is 2.09. The lowest BCUT2D eigenvalue weighted by atomic mass is 10.2. The van der Waals surface area contributed by atoms with Gasteiger partial charge in [0.1, 0.15) is 23.7 Å². The van der Waals surface area contributed by atoms with E-state index in [1.54, 1.807) is 12.5 Å². The highest BCUT2D eigenvalue weighted by atomic mass is 16.3. The molecule has 3 aromatic heterocycles. The van der Waals surface area contributed by atoms with E-state index in [-0.39, 0.29) is 6.04 Å². The molecule has 0 saturated heterocycles. The first-order valence-corrected chi connectivity index (χ1v) is 7.51. The van der Waals surface area contributed by atoms with E-state index in [0.29, 0.717) is 0 Å². The maximum Gasteiger partial charge on any atom is 0.138 e. The van der Waals surface area contributed by atoms with Crippen molar-refractivity contribution in [3.8, 4) is 5.82 Å². The minimum atomic E-state index is 0.171. The summed E-state index contributed by atoms with van der Waals surface area (Å²) in [6.07, 6.45) is 8.12. The van der Waals surface area contributed by atoms with Gasteiger partial charge in [-0.1, -0.05) is 6.92 Å². The van der Waals surface area contributed by atoms with Crippen LogP contribution in [-0.4, -0.2) is 14.5 Å². The van der Waals surface area contributed by atoms with Gasteiger partial charge in [0.05, 0.1) is 6.04 Å². The Balaban J connectivity index is 1.65. The summed E-state index contributed by atoms with van der Waals surface area (Å²) >= 11 is 0. The van der Waals surface area contributed by atoms with Crippen molar-refractivity contribution in [1.82, 2.24) is 19.9 Å². The summed E-state index contributed by atoms with van der Waals surface area (Å²) in [6.45, 7) is 4.96. The number of hydrogen-bond donors (Lipinski definition) is 1. The van der Waals surface area contributed by atoms with Crippen molar-refractivity contribution in [2.24, 2.45) is 0 Å². The van der Waals surface area contributed by atoms with Crippen LogP contribution in [0.25, 0.3) is 5.82 Å². The fraction of sp³-hybridized carbons (Fsp3) is 0.294. The van der Waals surface area contributed by atoms with Crippen molar-refractivity contribution < 1.29 is 4.42 Å². The van der Waals surface area contributed by atoms with Crippen LogP contribution in [0.3, 0.4) is 0 Å². The predicted octanol–water partition coefficient (Wildman–Crippen LogP) is 3.27. The molecule has 1 atom stereocenters. The monoisotopic (exact) mass is 296 g/mol. The van der Waals surface area contributed by atoms with Crippen molar-refractivity contribution in [3.63, 3.8) is 0 Å². The van der Waals surface area contributed by atoms with Crippen molar-refractivity contribution in [2.45, 2.75) is 32.9 Å². The first kappa shape index (κ1) is 14.5. The maximum absolute atomic E-state index is 5.78. The summed E-state index contributed by atoms with van der Waals surface area (Å²) in [5, 5.41) is 3.48. The molecule has 0 aromatic carbocycles. The average Bonchev–Trinajstić information content (AvgIpc) is 3.24. The fourth-order valence-corrected chi connectivity index (χ4v) is 2.30. The fourth-order valence-electron chi connectivity index (χ4n) is 2.30. The zero-order valence-electron chi connectivity index (χ0n) is 12.9. The van der Waals surface area contributed by atoms with Gasteiger partial charge < -0.3 is 9.73 Å². The Morgan fingerprint density at radius 3 is 2.91 bits per heavy atom. The normalized spacial score (nSPS) is 12.5. The molecule has 0 saturated carbocycles. The molecule has 0 aliphatic carbocycles. The average molecular weight is 296 g/mol. The van der Waals surface area contributed by atoms with Crippen molar-refractivity contribution in [2.75, 3.05) is 0 Å². The number of furan rings is 1. The Morgan fingerprint density at radius 2 is 2.18 bits per heavy atom. The molecule has 0 fully saturated rings. The van der Waals surface area contributed by atoms with Crippen LogP contribution in [0.5, 0.6) is 0 Å². The smallest absolute Gasteiger partial charge is 0.138 e. The Kier molecular flexibility index (Phi) is 4.34. The van der Waals surface area contributed by atoms with Crippen molar-refractivity contribution in [3.05, 3.63) is 66.3 Å². The van der Waals surface area contributed by atoms with Crippen LogP contribution in [0.15, 0.2) is 53.6 Å². The van der Waals surface area contributed by atoms with Gasteiger partial charge in [-0.15, -0.1) is 0 Å². The van der Waals surface area contributed by atoms with Gasteiger partial charge in [0.2, 0.25) is 0 Å². The van der Waals surface area contributed by atoms with Gasteiger partial charge in [-0.3, -0.25) is 4.57 Å². The first-order valence-electron chi connectivity index (χ1n) is 7.51. The number of aromatic nitrogens is 3. The van der Waals surface area contributed by atoms with Gasteiger partial charge in [-0.25, -0.2) is 9.97 Å². The van der Waals surface area contributed by atoms with E-state index in [4.69, 9.17) is 4.42 Å². The molecule has 0 spiro atoms. The first-order chi connectivity index (χ1) is 10.8. The van der Waals surface area contributed by atoms with Gasteiger partial charge in [0.15, 0.2) is 0 Å². The molecule has 3 aromatic rings. The van der Waals surface area contributed by atoms with E-state index >= 15 is 0 Å². The highest BCUT2D eigenvalue weighted by Crippen LogP contribution is 2.17. The molecule has 0 amide bonds. The lowest BCUT2D eigenvalue weighted by molar-refractivity contribution is 0.408. The molecule has 5 nitrogen and oxygen atoms in total. The quantitative estimate of drug-likeness (QED) is 0.758. The van der Waals surface area contributed by atoms with Gasteiger partial charge in [-0.2, -0.15) is 0 Å². The van der Waals surface area contributed by atoms with Crippen molar-refractivity contribution in [1.29, 1.82) is 0 Å². The molecule has 0 bridgehead atoms. The zero-order valence-corrected chi connectivity index (χ0v) is 12.9. The minimum Gasteiger partial charge on any atom is -0.464 e. The van der Waals surface area contributed by atoms with Gasteiger partial charge in [-0.05, 0) is 36.8 Å². The summed E-state index contributed by atoms with van der Waals surface area (Å²) in [5.41, 5.74) is 1.17. The van der Waals surface area contributed by atoms with Gasteiger partial charge in [0.25, 0.3) is 0 Å². The Bertz CT molecular complexity index is 718. The topological polar surface area (TPSA) is 55.9 Å². The number of nitrogens with one attached hydrogen (secondary N) is 1. The third-order valence-corrected chi connectivity index (χ3v) is 3.65. The van der Waals surface area contributed by atoms with Gasteiger partial charge >= 0.3 is 0 Å². The third kappa shape index (κ3) is 3.26. The standard InChI is InChI=1S/C17H20N4O/c1-3-15-4-5-16(22-15)13(2)20-11-14-6-7-19-17(10-14)21-9-8-18-12-21/h4-10,12-13,20H,3,11H2,1-2H3/t13-/m1/s1. The Labute approximate surface area is 130 Å². The summed E-state index contributed by atoms with van der Waals surface area (Å²) < 4.78 is 7.67. The molecule has 22 heavy (non-hydrogen) atoms. The van der Waals surface area contributed by atoms with E-state index in [2.05, 4.69) is 35.2 Å². The number of aryl methyl sites for hydroxylation is 1. The van der Waals surface area contributed by atoms with E-state index < -0.39 is 0 Å². The highest BCUT2D eigenvalue weighted by molar-refractivity contribution is 5.27. The van der Waals surface area contributed by atoms with Crippen molar-refractivity contribution >= 4 is 0 Å². The summed E-state index contributed by atoms with van der Waals surface area (Å²) in [5.74, 6) is 2.87. The lowest BCUT2D eigenvalue weighted by Gasteiger charge is -2.12. The van der Waals surface area contributed by atoms with Crippen LogP contribution in [-0.2, 0) is 13.0 Å². The minimum absolute atomic E-state index is 0.171.